The van der Waals surface area contributed by atoms with E-state index in [9.17, 15) is 19.8 Å². The molecule has 0 atom stereocenters. The smallest absolute Gasteiger partial charge is 0.359 e. The van der Waals surface area contributed by atoms with Crippen LogP contribution in [0.15, 0.2) is 128 Å². The third kappa shape index (κ3) is 14.8. The number of hydrogen-bond donors (Lipinski definition) is 2. The van der Waals surface area contributed by atoms with Crippen molar-refractivity contribution < 1.29 is 59.7 Å². The molecule has 3 aliphatic rings. The molecule has 268 valence electrons. The maximum Gasteiger partial charge on any atom is 0.359 e. The fourth-order valence-electron chi connectivity index (χ4n) is 3.96. The number of cyclic esters (lactones) is 2. The van der Waals surface area contributed by atoms with Crippen molar-refractivity contribution in [2.75, 3.05) is 65.9 Å². The lowest BCUT2D eigenvalue weighted by atomic mass is 10.2. The van der Waals surface area contributed by atoms with Gasteiger partial charge >= 0.3 is 11.9 Å². The van der Waals surface area contributed by atoms with Crippen LogP contribution < -0.4 is 21.7 Å². The molecule has 0 saturated carbocycles. The van der Waals surface area contributed by atoms with E-state index in [0.717, 1.165) is 38.1 Å². The molecular formula is C34H42N6O10. The van der Waals surface area contributed by atoms with Gasteiger partial charge in [0.05, 0.1) is 51.4 Å². The molecule has 5 rings (SSSR count). The number of quaternary nitrogens is 2. The van der Waals surface area contributed by atoms with Gasteiger partial charge in [-0.2, -0.15) is 0 Å². The predicted octanol–water partition coefficient (Wildman–Crippen LogP) is -0.147. The van der Waals surface area contributed by atoms with Crippen LogP contribution in [0.2, 0.25) is 0 Å². The van der Waals surface area contributed by atoms with E-state index >= 15 is 0 Å². The third-order valence-corrected chi connectivity index (χ3v) is 6.37. The number of nitrogens with zero attached hydrogens (tertiary/aromatic N) is 4. The van der Waals surface area contributed by atoms with Crippen molar-refractivity contribution in [2.45, 2.75) is 12.8 Å². The van der Waals surface area contributed by atoms with Gasteiger partial charge < -0.3 is 50.1 Å². The average molecular weight is 695 g/mol. The predicted molar refractivity (Wildman–Crippen MR) is 171 cm³/mol. The van der Waals surface area contributed by atoms with E-state index in [-0.39, 0.29) is 75.6 Å². The largest absolute Gasteiger partial charge is 0.609 e. The molecule has 0 saturated heterocycles. The number of rotatable bonds is 4. The molecule has 2 aromatic rings. The van der Waals surface area contributed by atoms with E-state index in [2.05, 4.69) is 80.5 Å². The van der Waals surface area contributed by atoms with Crippen molar-refractivity contribution in [1.29, 1.82) is 0 Å². The number of fused-ring (bicyclic) bond motifs is 2. The monoisotopic (exact) mass is 694 g/mol. The molecule has 0 aliphatic carbocycles. The maximum absolute atomic E-state index is 11.9. The summed E-state index contributed by atoms with van der Waals surface area (Å²) in [4.78, 5) is 23.8. The molecule has 0 spiro atoms. The highest BCUT2D eigenvalue weighted by molar-refractivity contribution is 5.89. The van der Waals surface area contributed by atoms with Gasteiger partial charge in [0, 0.05) is 38.2 Å². The lowest BCUT2D eigenvalue weighted by molar-refractivity contribution is -0.367. The molecule has 3 aliphatic heterocycles. The van der Waals surface area contributed by atoms with Gasteiger partial charge in [-0.05, 0) is 11.1 Å². The molecule has 0 aromatic heterocycles. The number of allylic oxidation sites excluding steroid dienone is 2. The SMILES string of the molecule is O=C1OCCOCCOC(=O)C2=C/C(=C(\[O-])OCCOCCOC([O-])=C3C=C1N=N3)N=N2.[NH3+]CCc1ccccc1.[NH3+]CCc1ccccc1. The van der Waals surface area contributed by atoms with Crippen LogP contribution in [0.1, 0.15) is 11.1 Å². The van der Waals surface area contributed by atoms with Crippen molar-refractivity contribution in [3.8, 4) is 0 Å². The van der Waals surface area contributed by atoms with Crippen LogP contribution in [-0.2, 0) is 50.9 Å². The number of azo groups is 2. The second-order valence-electron chi connectivity index (χ2n) is 10.2. The topological polar surface area (TPSA) is 240 Å². The summed E-state index contributed by atoms with van der Waals surface area (Å²) < 4.78 is 30.2. The minimum atomic E-state index is -0.787. The quantitative estimate of drug-likeness (QED) is 0.401. The zero-order chi connectivity index (χ0) is 35.8. The molecule has 0 amide bonds. The first-order chi connectivity index (χ1) is 24.4. The number of carbonyl (C=O) groups excluding carboxylic acids is 2. The standard InChI is InChI=1S/C18H20N4O10.2C8H11N/c23-15-11-9-12(20-19-11)17(25)31-7-3-28-4-8-32-18(26)14-10-13(21-22-14)16(24)30-6-2-27-1-5-29-15;2*9-7-6-8-4-2-1-3-5-8/h9-10,23-24H,1-8H2;2*1-5H,6-7,9H2/b15-11-,16-13?;;. The van der Waals surface area contributed by atoms with Crippen molar-refractivity contribution in [3.05, 3.63) is 119 Å². The van der Waals surface area contributed by atoms with Crippen LogP contribution in [0.5, 0.6) is 0 Å². The summed E-state index contributed by atoms with van der Waals surface area (Å²) in [7, 11) is 0. The fraction of sp³-hybridized carbons (Fsp3) is 0.353. The first kappa shape index (κ1) is 39.0. The molecule has 6 N–H and O–H groups in total. The minimum absolute atomic E-state index is 0.0263. The Kier molecular flexibility index (Phi) is 18.0. The summed E-state index contributed by atoms with van der Waals surface area (Å²) in [6.45, 7) is 1.68. The Balaban J connectivity index is 0.000000303. The van der Waals surface area contributed by atoms with Gasteiger partial charge in [0.1, 0.15) is 24.6 Å². The molecule has 16 heteroatoms. The van der Waals surface area contributed by atoms with Gasteiger partial charge in [-0.1, -0.05) is 60.7 Å². The molecule has 0 unspecified atom stereocenters. The minimum Gasteiger partial charge on any atom is -0.609 e. The van der Waals surface area contributed by atoms with Gasteiger partial charge in [0.25, 0.3) is 0 Å². The Hall–Kier alpha value is -5.42. The van der Waals surface area contributed by atoms with Gasteiger partial charge in [-0.25, -0.2) is 9.59 Å². The van der Waals surface area contributed by atoms with Gasteiger partial charge in [-0.3, -0.25) is 0 Å². The first-order valence-electron chi connectivity index (χ1n) is 15.9. The summed E-state index contributed by atoms with van der Waals surface area (Å²) in [6.07, 6.45) is 4.47. The number of ether oxygens (including phenoxy) is 6. The molecule has 0 fully saturated rings. The summed E-state index contributed by atoms with van der Waals surface area (Å²) in [5.41, 5.74) is 9.69. The highest BCUT2D eigenvalue weighted by Gasteiger charge is 2.18. The van der Waals surface area contributed by atoms with Crippen LogP contribution in [0.4, 0.5) is 0 Å². The van der Waals surface area contributed by atoms with Crippen LogP contribution >= 0.6 is 0 Å². The fourth-order valence-corrected chi connectivity index (χ4v) is 3.96. The molecule has 4 bridgehead atoms. The summed E-state index contributed by atoms with van der Waals surface area (Å²) in [5, 5.41) is 38.1. The van der Waals surface area contributed by atoms with Gasteiger partial charge in [-0.15, -0.1) is 20.5 Å². The lowest BCUT2D eigenvalue weighted by Gasteiger charge is -2.18. The van der Waals surface area contributed by atoms with Crippen molar-refractivity contribution in [2.24, 2.45) is 20.5 Å². The van der Waals surface area contributed by atoms with E-state index < -0.39 is 23.8 Å². The van der Waals surface area contributed by atoms with Crippen molar-refractivity contribution >= 4 is 11.9 Å². The average Bonchev–Trinajstić information content (AvgIpc) is 3.84. The van der Waals surface area contributed by atoms with Crippen LogP contribution in [0.25, 0.3) is 0 Å². The lowest BCUT2D eigenvalue weighted by Crippen LogP contribution is -2.51. The molecular weight excluding hydrogens is 652 g/mol. The molecule has 0 radical (unpaired) electrons. The molecule has 2 aromatic carbocycles. The first-order valence-corrected chi connectivity index (χ1v) is 15.9. The Morgan fingerprint density at radius 3 is 1.24 bits per heavy atom. The number of hydrogen-bond acceptors (Lipinski definition) is 14. The number of esters is 2. The normalized spacial score (nSPS) is 18.8. The Labute approximate surface area is 289 Å². The van der Waals surface area contributed by atoms with Gasteiger partial charge in [0.2, 0.25) is 0 Å². The van der Waals surface area contributed by atoms with Crippen molar-refractivity contribution in [3.63, 3.8) is 0 Å². The summed E-state index contributed by atoms with van der Waals surface area (Å²) in [5.74, 6) is -3.15. The van der Waals surface area contributed by atoms with Crippen LogP contribution in [-0.4, -0.2) is 77.9 Å². The van der Waals surface area contributed by atoms with E-state index in [1.807, 2.05) is 12.1 Å². The highest BCUT2D eigenvalue weighted by Crippen LogP contribution is 2.20. The van der Waals surface area contributed by atoms with Crippen molar-refractivity contribution in [1.82, 2.24) is 0 Å². The Morgan fingerprint density at radius 2 is 0.880 bits per heavy atom. The van der Waals surface area contributed by atoms with E-state index in [4.69, 9.17) is 28.4 Å². The van der Waals surface area contributed by atoms with Crippen LogP contribution in [0, 0.1) is 0 Å². The molecule has 50 heavy (non-hydrogen) atoms. The van der Waals surface area contributed by atoms with E-state index in [1.54, 1.807) is 0 Å². The summed E-state index contributed by atoms with van der Waals surface area (Å²) >= 11 is 0. The number of benzene rings is 2. The maximum atomic E-state index is 11.9. The van der Waals surface area contributed by atoms with E-state index in [1.165, 1.54) is 11.1 Å². The zero-order valence-corrected chi connectivity index (χ0v) is 27.7. The summed E-state index contributed by atoms with van der Waals surface area (Å²) in [6, 6.07) is 20.8. The number of carbonyl (C=O) groups is 2. The Morgan fingerprint density at radius 1 is 0.520 bits per heavy atom. The van der Waals surface area contributed by atoms with Gasteiger partial charge in [0.15, 0.2) is 11.4 Å². The van der Waals surface area contributed by atoms with E-state index in [0.29, 0.717) is 0 Å². The second kappa shape index (κ2) is 23.0. The second-order valence-corrected chi connectivity index (χ2v) is 10.2. The molecule has 16 nitrogen and oxygen atoms in total. The third-order valence-electron chi connectivity index (χ3n) is 6.37. The Bertz CT molecular complexity index is 1430. The zero-order valence-electron chi connectivity index (χ0n) is 27.7. The molecule has 3 heterocycles. The van der Waals surface area contributed by atoms with Crippen LogP contribution in [0.3, 0.4) is 0 Å². The highest BCUT2D eigenvalue weighted by atomic mass is 16.6.